The van der Waals surface area contributed by atoms with Crippen LogP contribution in [0.15, 0.2) is 53.9 Å². The van der Waals surface area contributed by atoms with E-state index in [1.165, 1.54) is 7.11 Å². The number of nitrogens with one attached hydrogen (secondary N) is 2. The van der Waals surface area contributed by atoms with Crippen molar-refractivity contribution in [1.29, 1.82) is 5.41 Å². The quantitative estimate of drug-likeness (QED) is 0.134. The fraction of sp³-hybridized carbons (Fsp3) is 0.406. The van der Waals surface area contributed by atoms with Crippen LogP contribution in [0.3, 0.4) is 0 Å². The second-order valence-electron chi connectivity index (χ2n) is 11.4. The SMILES string of the molecule is COC(=O)CNC(=O)c1cn(C)c2cc(N3CCC(F)(COC/C(C(=N)c4c(Cl)cccc4Cl)=C(/O)C4CC4)CC3)ccc12. The van der Waals surface area contributed by atoms with Gasteiger partial charge in [0.05, 0.1) is 47.2 Å². The number of methoxy groups -OCH3 is 1. The molecule has 5 rings (SSSR count). The van der Waals surface area contributed by atoms with E-state index in [2.05, 4.69) is 15.0 Å². The molecule has 1 saturated heterocycles. The van der Waals surface area contributed by atoms with Gasteiger partial charge in [-0.25, -0.2) is 4.39 Å². The summed E-state index contributed by atoms with van der Waals surface area (Å²) in [5, 5.41) is 23.5. The predicted octanol–water partition coefficient (Wildman–Crippen LogP) is 6.00. The summed E-state index contributed by atoms with van der Waals surface area (Å²) in [5.41, 5.74) is 1.19. The molecular formula is C32H35Cl2FN4O5. The molecule has 1 amide bonds. The average Bonchev–Trinajstić information content (AvgIpc) is 3.81. The number of halogens is 3. The second-order valence-corrected chi connectivity index (χ2v) is 12.2. The molecule has 0 unspecified atom stereocenters. The van der Waals surface area contributed by atoms with Gasteiger partial charge in [-0.3, -0.25) is 15.0 Å². The van der Waals surface area contributed by atoms with Crippen LogP contribution < -0.4 is 10.2 Å². The number of aliphatic hydroxyl groups excluding tert-OH is 1. The fourth-order valence-electron chi connectivity index (χ4n) is 5.48. The van der Waals surface area contributed by atoms with E-state index in [-0.39, 0.29) is 61.5 Å². The van der Waals surface area contributed by atoms with Gasteiger partial charge in [0.1, 0.15) is 18.0 Å². The number of allylic oxidation sites excluding steroid dienone is 1. The largest absolute Gasteiger partial charge is 0.512 e. The van der Waals surface area contributed by atoms with Crippen molar-refractivity contribution >= 4 is 57.4 Å². The lowest BCUT2D eigenvalue weighted by atomic mass is 9.93. The smallest absolute Gasteiger partial charge is 0.325 e. The van der Waals surface area contributed by atoms with Gasteiger partial charge < -0.3 is 29.4 Å². The van der Waals surface area contributed by atoms with Crippen LogP contribution in [0, 0.1) is 11.3 Å². The zero-order valence-corrected chi connectivity index (χ0v) is 26.1. The Bertz CT molecular complexity index is 1610. The van der Waals surface area contributed by atoms with Crippen LogP contribution in [0.4, 0.5) is 10.1 Å². The Labute approximate surface area is 265 Å². The van der Waals surface area contributed by atoms with Crippen LogP contribution in [-0.4, -0.2) is 72.9 Å². The van der Waals surface area contributed by atoms with Crippen molar-refractivity contribution in [3.05, 3.63) is 75.1 Å². The van der Waals surface area contributed by atoms with Crippen molar-refractivity contribution in [3.8, 4) is 0 Å². The molecule has 2 heterocycles. The topological polar surface area (TPSA) is 117 Å². The number of benzene rings is 2. The Morgan fingerprint density at radius 3 is 2.48 bits per heavy atom. The summed E-state index contributed by atoms with van der Waals surface area (Å²) >= 11 is 12.6. The molecule has 9 nitrogen and oxygen atoms in total. The molecule has 3 aromatic rings. The lowest BCUT2D eigenvalue weighted by Gasteiger charge is -2.37. The molecule has 2 aliphatic rings. The number of rotatable bonds is 11. The van der Waals surface area contributed by atoms with Crippen LogP contribution in [0.25, 0.3) is 10.9 Å². The highest BCUT2D eigenvalue weighted by Crippen LogP contribution is 2.39. The number of aryl methyl sites for hydroxylation is 1. The third kappa shape index (κ3) is 6.87. The van der Waals surface area contributed by atoms with Gasteiger partial charge in [0, 0.05) is 67.3 Å². The van der Waals surface area contributed by atoms with Crippen molar-refractivity contribution in [2.75, 3.05) is 44.9 Å². The van der Waals surface area contributed by atoms with Gasteiger partial charge >= 0.3 is 5.97 Å². The van der Waals surface area contributed by atoms with E-state index in [0.29, 0.717) is 34.3 Å². The number of aliphatic hydroxyl groups is 1. The van der Waals surface area contributed by atoms with Crippen molar-refractivity contribution in [2.45, 2.75) is 31.4 Å². The molecule has 1 aliphatic carbocycles. The molecule has 234 valence electrons. The average molecular weight is 646 g/mol. The van der Waals surface area contributed by atoms with Crippen molar-refractivity contribution in [1.82, 2.24) is 9.88 Å². The first kappa shape index (κ1) is 31.8. The van der Waals surface area contributed by atoms with E-state index < -0.39 is 11.6 Å². The van der Waals surface area contributed by atoms with Gasteiger partial charge in [-0.15, -0.1) is 0 Å². The van der Waals surface area contributed by atoms with Crippen molar-refractivity contribution < 1.29 is 28.6 Å². The molecule has 0 atom stereocenters. The van der Waals surface area contributed by atoms with Crippen LogP contribution in [0.1, 0.15) is 41.6 Å². The summed E-state index contributed by atoms with van der Waals surface area (Å²) in [6.07, 6.45) is 3.83. The van der Waals surface area contributed by atoms with Gasteiger partial charge in [0.2, 0.25) is 0 Å². The zero-order valence-electron chi connectivity index (χ0n) is 24.6. The Morgan fingerprint density at radius 2 is 1.84 bits per heavy atom. The number of esters is 1. The first-order valence-electron chi connectivity index (χ1n) is 14.4. The number of amides is 1. The Balaban J connectivity index is 1.21. The highest BCUT2D eigenvalue weighted by Gasteiger charge is 2.36. The van der Waals surface area contributed by atoms with Crippen LogP contribution >= 0.6 is 23.2 Å². The second kappa shape index (κ2) is 13.2. The number of carbonyl (C=O) groups is 2. The van der Waals surface area contributed by atoms with E-state index in [4.69, 9.17) is 33.3 Å². The molecule has 1 saturated carbocycles. The number of aromatic nitrogens is 1. The minimum absolute atomic E-state index is 0.0205. The summed E-state index contributed by atoms with van der Waals surface area (Å²) in [6.45, 7) is 0.404. The third-order valence-corrected chi connectivity index (χ3v) is 8.89. The first-order valence-corrected chi connectivity index (χ1v) is 15.2. The number of fused-ring (bicyclic) bond motifs is 1. The normalized spacial score (nSPS) is 16.9. The number of piperidine rings is 1. The van der Waals surface area contributed by atoms with Crippen molar-refractivity contribution in [3.63, 3.8) is 0 Å². The summed E-state index contributed by atoms with van der Waals surface area (Å²) in [4.78, 5) is 26.2. The third-order valence-electron chi connectivity index (χ3n) is 8.26. The molecule has 1 aliphatic heterocycles. The number of alkyl halides is 1. The van der Waals surface area contributed by atoms with E-state index in [1.807, 2.05) is 29.8 Å². The summed E-state index contributed by atoms with van der Waals surface area (Å²) in [5.74, 6) is -0.865. The van der Waals surface area contributed by atoms with Crippen LogP contribution in [0.5, 0.6) is 0 Å². The molecule has 0 radical (unpaired) electrons. The fourth-order valence-corrected chi connectivity index (χ4v) is 6.07. The first-order chi connectivity index (χ1) is 21.0. The van der Waals surface area contributed by atoms with Gasteiger partial charge in [0.15, 0.2) is 0 Å². The van der Waals surface area contributed by atoms with Gasteiger partial charge in [0.25, 0.3) is 5.91 Å². The van der Waals surface area contributed by atoms with E-state index in [1.54, 1.807) is 24.4 Å². The summed E-state index contributed by atoms with van der Waals surface area (Å²) in [6, 6.07) is 10.7. The predicted molar refractivity (Wildman–Crippen MR) is 169 cm³/mol. The number of hydrogen-bond acceptors (Lipinski definition) is 7. The molecule has 2 fully saturated rings. The maximum absolute atomic E-state index is 15.9. The lowest BCUT2D eigenvalue weighted by Crippen LogP contribution is -2.44. The molecule has 0 spiro atoms. The minimum Gasteiger partial charge on any atom is -0.512 e. The Hall–Kier alpha value is -3.60. The Kier molecular flexibility index (Phi) is 9.53. The minimum atomic E-state index is -1.57. The zero-order chi connectivity index (χ0) is 31.6. The maximum Gasteiger partial charge on any atom is 0.325 e. The standard InChI is InChI=1S/C32H35Cl2FN4O5/c1-38-16-22(31(42)37-15-27(40)43-2)21-9-8-20(14-26(21)38)39-12-10-32(35,11-13-39)18-44-17-23(30(41)19-6-7-19)29(36)28-24(33)4-3-5-25(28)34/h3-5,8-9,14,16,19,36,41H,6-7,10-13,15,17-18H2,1-2H3,(H,37,42)/b30-23-,36-29?. The summed E-state index contributed by atoms with van der Waals surface area (Å²) < 4.78 is 28.2. The number of anilines is 1. The Morgan fingerprint density at radius 1 is 1.16 bits per heavy atom. The van der Waals surface area contributed by atoms with Gasteiger partial charge in [-0.05, 0) is 43.2 Å². The van der Waals surface area contributed by atoms with E-state index in [9.17, 15) is 14.7 Å². The summed E-state index contributed by atoms with van der Waals surface area (Å²) in [7, 11) is 3.10. The monoisotopic (exact) mass is 644 g/mol. The maximum atomic E-state index is 15.9. The highest BCUT2D eigenvalue weighted by atomic mass is 35.5. The number of ether oxygens (including phenoxy) is 2. The number of hydrogen-bond donors (Lipinski definition) is 3. The molecule has 1 aromatic heterocycles. The van der Waals surface area contributed by atoms with Gasteiger partial charge in [-0.2, -0.15) is 0 Å². The van der Waals surface area contributed by atoms with Crippen LogP contribution in [0.2, 0.25) is 10.0 Å². The number of carbonyl (C=O) groups excluding carboxylic acids is 2. The molecular weight excluding hydrogens is 610 g/mol. The molecule has 3 N–H and O–H groups in total. The lowest BCUT2D eigenvalue weighted by molar-refractivity contribution is -0.139. The van der Waals surface area contributed by atoms with Crippen LogP contribution in [-0.2, 0) is 21.3 Å². The van der Waals surface area contributed by atoms with E-state index >= 15 is 4.39 Å². The molecule has 44 heavy (non-hydrogen) atoms. The van der Waals surface area contributed by atoms with Gasteiger partial charge in [-0.1, -0.05) is 29.3 Å². The van der Waals surface area contributed by atoms with Crippen molar-refractivity contribution in [2.24, 2.45) is 13.0 Å². The number of nitrogens with zero attached hydrogens (tertiary/aromatic N) is 2. The molecule has 12 heteroatoms. The molecule has 0 bridgehead atoms. The highest BCUT2D eigenvalue weighted by molar-refractivity contribution is 6.41. The van der Waals surface area contributed by atoms with E-state index in [0.717, 1.165) is 29.4 Å². The molecule has 2 aromatic carbocycles.